The number of ether oxygens (including phenoxy) is 2. The Labute approximate surface area is 151 Å². The van der Waals surface area contributed by atoms with Gasteiger partial charge in [-0.3, -0.25) is 4.90 Å². The minimum absolute atomic E-state index is 0.0672. The molecule has 24 heavy (non-hydrogen) atoms. The fraction of sp³-hybridized carbons (Fsp3) is 0.412. The molecule has 2 aromatic rings. The molecule has 0 atom stereocenters. The van der Waals surface area contributed by atoms with E-state index in [-0.39, 0.29) is 13.2 Å². The summed E-state index contributed by atoms with van der Waals surface area (Å²) in [6.45, 7) is 5.41. The van der Waals surface area contributed by atoms with Crippen molar-refractivity contribution in [3.63, 3.8) is 0 Å². The van der Waals surface area contributed by atoms with E-state index in [1.165, 1.54) is 6.42 Å². The molecule has 0 N–H and O–H groups in total. The fourth-order valence-corrected chi connectivity index (χ4v) is 3.11. The molecule has 0 aliphatic carbocycles. The van der Waals surface area contributed by atoms with Crippen LogP contribution >= 0.6 is 22.7 Å². The molecule has 0 bridgehead atoms. The molecule has 0 unspecified atom stereocenters. The molecule has 0 saturated heterocycles. The lowest BCUT2D eigenvalue weighted by molar-refractivity contribution is 0.0793. The summed E-state index contributed by atoms with van der Waals surface area (Å²) >= 11 is 3.20. The molecule has 130 valence electrons. The first-order valence-electron chi connectivity index (χ1n) is 7.68. The second-order valence-electron chi connectivity index (χ2n) is 4.78. The summed E-state index contributed by atoms with van der Waals surface area (Å²) in [7, 11) is 0. The predicted molar refractivity (Wildman–Crippen MR) is 96.8 cm³/mol. The number of hydrogen-bond acceptors (Lipinski definition) is 6. The van der Waals surface area contributed by atoms with Gasteiger partial charge >= 0.3 is 6.09 Å². The molecule has 2 rings (SSSR count). The monoisotopic (exact) mass is 366 g/mol. The second kappa shape index (κ2) is 12.4. The molecule has 2 heterocycles. The smallest absolute Gasteiger partial charge is 0.410 e. The summed E-state index contributed by atoms with van der Waals surface area (Å²) in [6.07, 6.45) is 2.39. The molecule has 0 aliphatic rings. The highest BCUT2D eigenvalue weighted by Gasteiger charge is 2.17. The number of hydrogen-bond donors (Lipinski definition) is 0. The molecule has 0 fully saturated rings. The number of amides is 1. The Morgan fingerprint density at radius 2 is 1.67 bits per heavy atom. The standard InChI is InChI=1S/C14H14N2O3S2.C3H8/c15-11-18-5-6-19-14(17)16(9-12-3-1-7-20-12)10-13-4-2-8-21-13;1-3-2/h1-4,7-8H,5-6,9-10H2;3H2,1-2H3. The molecular formula is C17H22N2O3S2. The van der Waals surface area contributed by atoms with Crippen molar-refractivity contribution in [2.24, 2.45) is 0 Å². The zero-order valence-electron chi connectivity index (χ0n) is 13.9. The Morgan fingerprint density at radius 3 is 2.08 bits per heavy atom. The van der Waals surface area contributed by atoms with Gasteiger partial charge in [-0.05, 0) is 22.9 Å². The average molecular weight is 367 g/mol. The highest BCUT2D eigenvalue weighted by atomic mass is 32.1. The molecule has 2 aromatic heterocycles. The highest BCUT2D eigenvalue weighted by Crippen LogP contribution is 2.17. The number of rotatable bonds is 7. The highest BCUT2D eigenvalue weighted by molar-refractivity contribution is 7.10. The van der Waals surface area contributed by atoms with Gasteiger partial charge in [0.25, 0.3) is 6.26 Å². The lowest BCUT2D eigenvalue weighted by atomic mass is 10.4. The maximum absolute atomic E-state index is 12.1. The van der Waals surface area contributed by atoms with Crippen molar-refractivity contribution in [1.29, 1.82) is 5.26 Å². The Morgan fingerprint density at radius 1 is 1.12 bits per heavy atom. The first-order valence-corrected chi connectivity index (χ1v) is 9.44. The van der Waals surface area contributed by atoms with Crippen molar-refractivity contribution in [3.05, 3.63) is 44.8 Å². The third-order valence-electron chi connectivity index (χ3n) is 2.59. The van der Waals surface area contributed by atoms with Gasteiger partial charge in [-0.15, -0.1) is 22.7 Å². The lowest BCUT2D eigenvalue weighted by Crippen LogP contribution is -2.31. The minimum Gasteiger partial charge on any atom is -0.446 e. The van der Waals surface area contributed by atoms with Crippen molar-refractivity contribution < 1.29 is 14.3 Å². The van der Waals surface area contributed by atoms with Crippen molar-refractivity contribution in [3.8, 4) is 6.26 Å². The first-order chi connectivity index (χ1) is 11.7. The first kappa shape index (κ1) is 20.0. The van der Waals surface area contributed by atoms with E-state index >= 15 is 0 Å². The van der Waals surface area contributed by atoms with Gasteiger partial charge in [-0.2, -0.15) is 5.26 Å². The molecule has 1 amide bonds. The van der Waals surface area contributed by atoms with E-state index in [0.29, 0.717) is 13.1 Å². The molecular weight excluding hydrogens is 344 g/mol. The van der Waals surface area contributed by atoms with E-state index < -0.39 is 6.09 Å². The molecule has 0 spiro atoms. The summed E-state index contributed by atoms with van der Waals surface area (Å²) in [5, 5.41) is 12.2. The summed E-state index contributed by atoms with van der Waals surface area (Å²) in [4.78, 5) is 16.0. The van der Waals surface area contributed by atoms with Crippen LogP contribution in [0.3, 0.4) is 0 Å². The maximum atomic E-state index is 12.1. The lowest BCUT2D eigenvalue weighted by Gasteiger charge is -2.20. The maximum Gasteiger partial charge on any atom is 0.410 e. The van der Waals surface area contributed by atoms with E-state index in [2.05, 4.69) is 18.6 Å². The number of carbonyl (C=O) groups is 1. The number of nitrogens with zero attached hydrogens (tertiary/aromatic N) is 2. The summed E-state index contributed by atoms with van der Waals surface area (Å²) in [5.74, 6) is 0. The van der Waals surface area contributed by atoms with Gasteiger partial charge in [0, 0.05) is 9.75 Å². The second-order valence-corrected chi connectivity index (χ2v) is 6.84. The SMILES string of the molecule is CCC.N#COCCOC(=O)N(Cc1cccs1)Cc1cccs1. The van der Waals surface area contributed by atoms with Crippen molar-refractivity contribution in [1.82, 2.24) is 4.90 Å². The van der Waals surface area contributed by atoms with Gasteiger partial charge < -0.3 is 9.47 Å². The number of nitriles is 1. The summed E-state index contributed by atoms with van der Waals surface area (Å²) in [5.41, 5.74) is 0. The van der Waals surface area contributed by atoms with Gasteiger partial charge in [-0.25, -0.2) is 4.79 Å². The Hall–Kier alpha value is -2.04. The van der Waals surface area contributed by atoms with Crippen molar-refractivity contribution in [2.75, 3.05) is 13.2 Å². The van der Waals surface area contributed by atoms with Gasteiger partial charge in [0.1, 0.15) is 13.2 Å². The zero-order chi connectivity index (χ0) is 17.6. The van der Waals surface area contributed by atoms with Crippen molar-refractivity contribution in [2.45, 2.75) is 33.4 Å². The van der Waals surface area contributed by atoms with E-state index in [1.54, 1.807) is 33.8 Å². The average Bonchev–Trinajstić information content (AvgIpc) is 3.25. The van der Waals surface area contributed by atoms with Crippen LogP contribution in [0.15, 0.2) is 35.0 Å². The molecule has 7 heteroatoms. The van der Waals surface area contributed by atoms with Crippen LogP contribution in [0.5, 0.6) is 0 Å². The quantitative estimate of drug-likeness (QED) is 0.518. The van der Waals surface area contributed by atoms with Crippen molar-refractivity contribution >= 4 is 28.8 Å². The van der Waals surface area contributed by atoms with Crippen LogP contribution in [-0.4, -0.2) is 24.2 Å². The van der Waals surface area contributed by atoms with Gasteiger partial charge in [0.2, 0.25) is 0 Å². The van der Waals surface area contributed by atoms with Crippen LogP contribution in [0.2, 0.25) is 0 Å². The molecule has 5 nitrogen and oxygen atoms in total. The van der Waals surface area contributed by atoms with E-state index in [0.717, 1.165) is 9.75 Å². The third-order valence-corrected chi connectivity index (χ3v) is 4.31. The molecule has 0 radical (unpaired) electrons. The van der Waals surface area contributed by atoms with Crippen LogP contribution in [-0.2, 0) is 22.6 Å². The molecule has 0 aliphatic heterocycles. The number of thiophene rings is 2. The Balaban J connectivity index is 0.000000891. The van der Waals surface area contributed by atoms with Gasteiger partial charge in [-0.1, -0.05) is 32.4 Å². The molecule has 0 aromatic carbocycles. The zero-order valence-corrected chi connectivity index (χ0v) is 15.6. The summed E-state index contributed by atoms with van der Waals surface area (Å²) in [6, 6.07) is 7.88. The van der Waals surface area contributed by atoms with Crippen LogP contribution in [0.4, 0.5) is 4.79 Å². The van der Waals surface area contributed by atoms with E-state index in [4.69, 9.17) is 10.00 Å². The minimum atomic E-state index is -0.404. The van der Waals surface area contributed by atoms with E-state index in [1.807, 2.05) is 35.0 Å². The topological polar surface area (TPSA) is 62.6 Å². The normalized spacial score (nSPS) is 9.38. The fourth-order valence-electron chi connectivity index (χ4n) is 1.67. The van der Waals surface area contributed by atoms with Crippen LogP contribution in [0.25, 0.3) is 0 Å². The van der Waals surface area contributed by atoms with E-state index in [9.17, 15) is 4.79 Å². The number of carbonyl (C=O) groups excluding carboxylic acids is 1. The summed E-state index contributed by atoms with van der Waals surface area (Å²) < 4.78 is 9.61. The van der Waals surface area contributed by atoms with Gasteiger partial charge in [0.05, 0.1) is 13.1 Å². The Kier molecular flexibility index (Phi) is 10.3. The van der Waals surface area contributed by atoms with Gasteiger partial charge in [0.15, 0.2) is 0 Å². The molecule has 0 saturated carbocycles. The Bertz CT molecular complexity index is 556. The third kappa shape index (κ3) is 7.99. The van der Waals surface area contributed by atoms with Crippen LogP contribution < -0.4 is 0 Å². The predicted octanol–water partition coefficient (Wildman–Crippen LogP) is 4.86. The largest absolute Gasteiger partial charge is 0.446 e. The van der Waals surface area contributed by atoms with Crippen LogP contribution in [0, 0.1) is 11.5 Å². The van der Waals surface area contributed by atoms with Crippen LogP contribution in [0.1, 0.15) is 30.0 Å².